The first-order valence-electron chi connectivity index (χ1n) is 3.93. The Morgan fingerprint density at radius 2 is 1.64 bits per heavy atom. The number of hydroxylamine groups is 3. The molecule has 0 aromatic carbocycles. The van der Waals surface area contributed by atoms with E-state index in [0.717, 1.165) is 6.61 Å². The summed E-state index contributed by atoms with van der Waals surface area (Å²) in [4.78, 5) is 0. The van der Waals surface area contributed by atoms with Crippen molar-refractivity contribution in [3.63, 3.8) is 0 Å². The van der Waals surface area contributed by atoms with Crippen LogP contribution in [0.3, 0.4) is 0 Å². The molecular formula is C8H21NO2. The number of nitrogens with zero attached hydrogens (tertiary/aromatic N) is 1. The van der Waals surface area contributed by atoms with Gasteiger partial charge in [-0.1, -0.05) is 13.3 Å². The van der Waals surface area contributed by atoms with Gasteiger partial charge in [0.1, 0.15) is 0 Å². The lowest BCUT2D eigenvalue weighted by Gasteiger charge is -2.27. The van der Waals surface area contributed by atoms with Crippen molar-refractivity contribution in [2.24, 2.45) is 0 Å². The fourth-order valence-corrected chi connectivity index (χ4v) is 0.289. The maximum Gasteiger partial charge on any atom is 0.0674 e. The van der Waals surface area contributed by atoms with Crippen molar-refractivity contribution in [2.45, 2.75) is 19.8 Å². The molecular weight excluding hydrogens is 142 g/mol. The molecule has 3 nitrogen and oxygen atoms in total. The SMILES string of the molecule is CCCCOC.C[N+](C)(C)[O-]. The van der Waals surface area contributed by atoms with Gasteiger partial charge in [-0.15, -0.1) is 0 Å². The minimum Gasteiger partial charge on any atom is -0.633 e. The fraction of sp³-hybridized carbons (Fsp3) is 1.00. The van der Waals surface area contributed by atoms with Gasteiger partial charge in [0.2, 0.25) is 0 Å². The van der Waals surface area contributed by atoms with E-state index >= 15 is 0 Å². The molecule has 0 amide bonds. The van der Waals surface area contributed by atoms with Gasteiger partial charge < -0.3 is 14.6 Å². The van der Waals surface area contributed by atoms with Gasteiger partial charge in [-0.25, -0.2) is 0 Å². The summed E-state index contributed by atoms with van der Waals surface area (Å²) in [7, 11) is 6.44. The van der Waals surface area contributed by atoms with Gasteiger partial charge in [-0.05, 0) is 6.42 Å². The van der Waals surface area contributed by atoms with Crippen molar-refractivity contribution < 1.29 is 9.38 Å². The van der Waals surface area contributed by atoms with Crippen LogP contribution in [-0.2, 0) is 4.74 Å². The number of hydrogen-bond donors (Lipinski definition) is 0. The van der Waals surface area contributed by atoms with Crippen LogP contribution in [-0.4, -0.2) is 39.5 Å². The van der Waals surface area contributed by atoms with Crippen LogP contribution < -0.4 is 0 Å². The van der Waals surface area contributed by atoms with E-state index < -0.39 is 0 Å². The first-order chi connectivity index (χ1) is 4.91. The summed E-state index contributed by atoms with van der Waals surface area (Å²) in [5, 5.41) is 10.0. The second kappa shape index (κ2) is 7.98. The number of quaternary nitrogens is 1. The van der Waals surface area contributed by atoms with E-state index in [1.165, 1.54) is 12.8 Å². The van der Waals surface area contributed by atoms with Crippen LogP contribution in [0.2, 0.25) is 0 Å². The van der Waals surface area contributed by atoms with Crippen LogP contribution in [0.15, 0.2) is 0 Å². The minimum atomic E-state index is -0.250. The third-order valence-electron chi connectivity index (χ3n) is 0.702. The quantitative estimate of drug-likeness (QED) is 0.360. The molecule has 0 rings (SSSR count). The molecule has 0 fully saturated rings. The smallest absolute Gasteiger partial charge is 0.0674 e. The zero-order chi connectivity index (χ0) is 9.33. The number of hydrogen-bond acceptors (Lipinski definition) is 2. The highest BCUT2D eigenvalue weighted by molar-refractivity contribution is 4.26. The summed E-state index contributed by atoms with van der Waals surface area (Å²) in [5.74, 6) is 0. The molecule has 0 aliphatic carbocycles. The van der Waals surface area contributed by atoms with E-state index in [4.69, 9.17) is 4.74 Å². The zero-order valence-electron chi connectivity index (χ0n) is 8.39. The fourth-order valence-electron chi connectivity index (χ4n) is 0.289. The van der Waals surface area contributed by atoms with Crippen LogP contribution in [0.5, 0.6) is 0 Å². The van der Waals surface area contributed by atoms with Gasteiger partial charge in [-0.2, -0.15) is 0 Å². The Labute approximate surface area is 70.1 Å². The van der Waals surface area contributed by atoms with E-state index in [1.54, 1.807) is 28.3 Å². The Balaban J connectivity index is 0. The molecule has 0 N–H and O–H groups in total. The first-order valence-corrected chi connectivity index (χ1v) is 3.93. The summed E-state index contributed by atoms with van der Waals surface area (Å²) in [6.07, 6.45) is 2.42. The molecule has 0 radical (unpaired) electrons. The topological polar surface area (TPSA) is 32.3 Å². The number of rotatable bonds is 3. The van der Waals surface area contributed by atoms with E-state index in [2.05, 4.69) is 6.92 Å². The average Bonchev–Trinajstić information content (AvgIpc) is 1.79. The van der Waals surface area contributed by atoms with Crippen LogP contribution in [0.25, 0.3) is 0 Å². The van der Waals surface area contributed by atoms with Gasteiger partial charge in [-0.3, -0.25) is 0 Å². The lowest BCUT2D eigenvalue weighted by Crippen LogP contribution is -2.25. The monoisotopic (exact) mass is 163 g/mol. The van der Waals surface area contributed by atoms with Crippen molar-refractivity contribution in [1.29, 1.82) is 0 Å². The molecule has 0 atom stereocenters. The van der Waals surface area contributed by atoms with Crippen LogP contribution in [0.1, 0.15) is 19.8 Å². The molecule has 70 valence electrons. The lowest BCUT2D eigenvalue weighted by molar-refractivity contribution is -0.818. The molecule has 0 spiro atoms. The molecule has 0 saturated carbocycles. The maximum atomic E-state index is 10.0. The van der Waals surface area contributed by atoms with Crippen molar-refractivity contribution in [3.05, 3.63) is 5.21 Å². The molecule has 0 bridgehead atoms. The molecule has 0 aliphatic rings. The summed E-state index contributed by atoms with van der Waals surface area (Å²) < 4.78 is 4.53. The van der Waals surface area contributed by atoms with E-state index in [-0.39, 0.29) is 4.65 Å². The molecule has 0 heterocycles. The Bertz CT molecular complexity index is 59.0. The second-order valence-corrected chi connectivity index (χ2v) is 3.24. The standard InChI is InChI=1S/C5H12O.C3H9NO/c1-3-4-5-6-2;1-4(2,3)5/h3-5H2,1-2H3;1-3H3. The summed E-state index contributed by atoms with van der Waals surface area (Å²) >= 11 is 0. The molecule has 0 unspecified atom stereocenters. The van der Waals surface area contributed by atoms with Crippen molar-refractivity contribution >= 4 is 0 Å². The Hall–Kier alpha value is -0.120. The largest absolute Gasteiger partial charge is 0.633 e. The Morgan fingerprint density at radius 3 is 1.73 bits per heavy atom. The molecule has 0 saturated heterocycles. The highest BCUT2D eigenvalue weighted by Gasteiger charge is 1.79. The van der Waals surface area contributed by atoms with Crippen LogP contribution in [0, 0.1) is 5.21 Å². The average molecular weight is 163 g/mol. The van der Waals surface area contributed by atoms with Crippen LogP contribution >= 0.6 is 0 Å². The van der Waals surface area contributed by atoms with E-state index in [0.29, 0.717) is 0 Å². The van der Waals surface area contributed by atoms with E-state index in [9.17, 15) is 5.21 Å². The summed E-state index contributed by atoms with van der Waals surface area (Å²) in [6, 6.07) is 0. The van der Waals surface area contributed by atoms with Gasteiger partial charge >= 0.3 is 0 Å². The second-order valence-electron chi connectivity index (χ2n) is 3.24. The predicted octanol–water partition coefficient (Wildman–Crippen LogP) is 1.62. The minimum absolute atomic E-state index is 0.250. The molecule has 0 aromatic heterocycles. The molecule has 3 heteroatoms. The summed E-state index contributed by atoms with van der Waals surface area (Å²) in [5.41, 5.74) is 0. The molecule has 0 aromatic rings. The summed E-state index contributed by atoms with van der Waals surface area (Å²) in [6.45, 7) is 3.07. The normalized spacial score (nSPS) is 10.4. The van der Waals surface area contributed by atoms with Gasteiger partial charge in [0.05, 0.1) is 21.1 Å². The number of ether oxygens (including phenoxy) is 1. The van der Waals surface area contributed by atoms with E-state index in [1.807, 2.05) is 0 Å². The molecule has 0 aliphatic heterocycles. The lowest BCUT2D eigenvalue weighted by atomic mass is 10.4. The molecule has 11 heavy (non-hydrogen) atoms. The van der Waals surface area contributed by atoms with Crippen molar-refractivity contribution in [3.8, 4) is 0 Å². The maximum absolute atomic E-state index is 10.0. The van der Waals surface area contributed by atoms with Crippen molar-refractivity contribution in [1.82, 2.24) is 0 Å². The number of unbranched alkanes of at least 4 members (excludes halogenated alkanes) is 1. The van der Waals surface area contributed by atoms with Gasteiger partial charge in [0, 0.05) is 13.7 Å². The Morgan fingerprint density at radius 1 is 1.27 bits per heavy atom. The third kappa shape index (κ3) is 74.0. The number of methoxy groups -OCH3 is 1. The van der Waals surface area contributed by atoms with Crippen molar-refractivity contribution in [2.75, 3.05) is 34.9 Å². The highest BCUT2D eigenvalue weighted by Crippen LogP contribution is 1.83. The van der Waals surface area contributed by atoms with Gasteiger partial charge in [0.25, 0.3) is 0 Å². The predicted molar refractivity (Wildman–Crippen MR) is 48.2 cm³/mol. The van der Waals surface area contributed by atoms with Crippen LogP contribution in [0.4, 0.5) is 0 Å². The highest BCUT2D eigenvalue weighted by atomic mass is 16.5. The van der Waals surface area contributed by atoms with Gasteiger partial charge in [0.15, 0.2) is 0 Å². The zero-order valence-corrected chi connectivity index (χ0v) is 8.39. The first kappa shape index (κ1) is 13.5. The third-order valence-corrected chi connectivity index (χ3v) is 0.702. The Kier molecular flexibility index (Phi) is 9.77.